The summed E-state index contributed by atoms with van der Waals surface area (Å²) in [6.07, 6.45) is 8.80. The average Bonchev–Trinajstić information content (AvgIpc) is 3.00. The van der Waals surface area contributed by atoms with E-state index in [9.17, 15) is 9.59 Å². The van der Waals surface area contributed by atoms with Gasteiger partial charge in [0.15, 0.2) is 0 Å². The van der Waals surface area contributed by atoms with E-state index in [0.29, 0.717) is 13.0 Å². The minimum absolute atomic E-state index is 0.133. The fourth-order valence-electron chi connectivity index (χ4n) is 3.50. The lowest BCUT2D eigenvalue weighted by molar-refractivity contribution is -0.127. The lowest BCUT2D eigenvalue weighted by atomic mass is 10.0. The monoisotopic (exact) mass is 341 g/mol. The maximum atomic E-state index is 12.2. The van der Waals surface area contributed by atoms with Crippen LogP contribution in [0.4, 0.5) is 4.79 Å². The molecule has 1 aromatic rings. The van der Waals surface area contributed by atoms with Gasteiger partial charge in [-0.25, -0.2) is 4.79 Å². The van der Waals surface area contributed by atoms with Crippen LogP contribution in [-0.4, -0.2) is 42.5 Å². The number of likely N-dealkylation sites (tertiary alicyclic amines) is 1. The zero-order valence-electron chi connectivity index (χ0n) is 14.6. The van der Waals surface area contributed by atoms with Crippen molar-refractivity contribution in [2.24, 2.45) is 5.92 Å². The molecule has 1 heterocycles. The first-order valence-electron chi connectivity index (χ1n) is 9.23. The second kappa shape index (κ2) is 8.70. The van der Waals surface area contributed by atoms with Gasteiger partial charge in [0.25, 0.3) is 0 Å². The molecule has 0 spiro atoms. The Kier molecular flexibility index (Phi) is 6.09. The van der Waals surface area contributed by atoms with Crippen LogP contribution in [0.25, 0.3) is 0 Å². The molecule has 2 aliphatic rings. The zero-order chi connectivity index (χ0) is 17.5. The smallest absolute Gasteiger partial charge is 0.315 e. The number of rotatable bonds is 6. The van der Waals surface area contributed by atoms with Gasteiger partial charge in [0.2, 0.25) is 5.91 Å². The summed E-state index contributed by atoms with van der Waals surface area (Å²) < 4.78 is 0. The Morgan fingerprint density at radius 1 is 1.24 bits per heavy atom. The molecule has 3 rings (SSSR count). The van der Waals surface area contributed by atoms with Crippen molar-refractivity contribution in [2.75, 3.05) is 19.6 Å². The molecule has 1 aliphatic heterocycles. The number of benzene rings is 1. The lowest BCUT2D eigenvalue weighted by Crippen LogP contribution is -2.43. The van der Waals surface area contributed by atoms with E-state index in [2.05, 4.69) is 34.9 Å². The van der Waals surface area contributed by atoms with Gasteiger partial charge in [0, 0.05) is 38.0 Å². The fourth-order valence-corrected chi connectivity index (χ4v) is 3.50. The third-order valence-electron chi connectivity index (χ3n) is 4.93. The maximum Gasteiger partial charge on any atom is 0.315 e. The summed E-state index contributed by atoms with van der Waals surface area (Å²) in [5, 5.41) is 5.90. The minimum Gasteiger partial charge on any atom is -0.342 e. The molecule has 1 fully saturated rings. The van der Waals surface area contributed by atoms with Crippen LogP contribution in [0, 0.1) is 5.92 Å². The van der Waals surface area contributed by atoms with Crippen molar-refractivity contribution in [3.63, 3.8) is 0 Å². The highest BCUT2D eigenvalue weighted by Crippen LogP contribution is 2.17. The van der Waals surface area contributed by atoms with Crippen molar-refractivity contribution in [3.05, 3.63) is 48.0 Å². The van der Waals surface area contributed by atoms with Crippen LogP contribution in [-0.2, 0) is 11.2 Å². The van der Waals surface area contributed by atoms with Crippen LogP contribution in [0.2, 0.25) is 0 Å². The molecule has 1 aliphatic carbocycles. The zero-order valence-corrected chi connectivity index (χ0v) is 14.6. The van der Waals surface area contributed by atoms with Crippen molar-refractivity contribution in [3.8, 4) is 0 Å². The van der Waals surface area contributed by atoms with Gasteiger partial charge in [0.1, 0.15) is 0 Å². The third-order valence-corrected chi connectivity index (χ3v) is 4.93. The van der Waals surface area contributed by atoms with E-state index >= 15 is 0 Å². The normalized spacial score (nSPS) is 22.9. The number of hydrogen-bond donors (Lipinski definition) is 2. The highest BCUT2D eigenvalue weighted by molar-refractivity contribution is 5.79. The van der Waals surface area contributed by atoms with Crippen molar-refractivity contribution >= 4 is 11.9 Å². The number of urea groups is 1. The number of carbonyl (C=O) groups is 2. The molecule has 0 radical (unpaired) electrons. The summed E-state index contributed by atoms with van der Waals surface area (Å²) in [5.74, 6) is 0.397. The minimum atomic E-state index is -0.133. The molecule has 25 heavy (non-hydrogen) atoms. The first-order valence-corrected chi connectivity index (χ1v) is 9.23. The molecule has 0 bridgehead atoms. The molecular weight excluding hydrogens is 314 g/mol. The van der Waals surface area contributed by atoms with E-state index in [1.54, 1.807) is 0 Å². The van der Waals surface area contributed by atoms with E-state index in [1.165, 1.54) is 5.56 Å². The standard InChI is InChI=1S/C20H27N3O2/c24-19-13-17(14-21-20(25)22-18-9-5-2-6-10-18)15-23(19)12-11-16-7-3-1-4-8-16/h1,3-5,7-9,17-18H,2,6,10-15H2,(H2,21,22,25)/t17-,18+/m0/s1. The average molecular weight is 341 g/mol. The molecule has 0 saturated carbocycles. The van der Waals surface area contributed by atoms with Crippen LogP contribution >= 0.6 is 0 Å². The SMILES string of the molecule is O=C(NC[C@@H]1CC(=O)N(CCc2ccccc2)C1)N[C@@H]1C=CCCC1. The topological polar surface area (TPSA) is 61.4 Å². The summed E-state index contributed by atoms with van der Waals surface area (Å²) in [5.41, 5.74) is 1.25. The van der Waals surface area contributed by atoms with Gasteiger partial charge < -0.3 is 15.5 Å². The number of amides is 3. The molecule has 1 aromatic carbocycles. The van der Waals surface area contributed by atoms with Gasteiger partial charge in [-0.05, 0) is 31.2 Å². The van der Waals surface area contributed by atoms with Gasteiger partial charge in [-0.15, -0.1) is 0 Å². The molecule has 2 atom stereocenters. The van der Waals surface area contributed by atoms with E-state index in [4.69, 9.17) is 0 Å². The largest absolute Gasteiger partial charge is 0.342 e. The molecule has 1 saturated heterocycles. The second-order valence-electron chi connectivity index (χ2n) is 6.97. The van der Waals surface area contributed by atoms with Crippen LogP contribution in [0.3, 0.4) is 0 Å². The van der Waals surface area contributed by atoms with E-state index in [0.717, 1.165) is 38.8 Å². The number of hydrogen-bond acceptors (Lipinski definition) is 2. The summed E-state index contributed by atoms with van der Waals surface area (Å²) in [6, 6.07) is 10.2. The summed E-state index contributed by atoms with van der Waals surface area (Å²) >= 11 is 0. The van der Waals surface area contributed by atoms with Crippen molar-refractivity contribution in [2.45, 2.75) is 38.1 Å². The summed E-state index contributed by atoms with van der Waals surface area (Å²) in [6.45, 7) is 2.03. The quantitative estimate of drug-likeness (QED) is 0.781. The molecule has 2 N–H and O–H groups in total. The highest BCUT2D eigenvalue weighted by atomic mass is 16.2. The number of nitrogens with zero attached hydrogens (tertiary/aromatic N) is 1. The van der Waals surface area contributed by atoms with Crippen LogP contribution in [0.5, 0.6) is 0 Å². The predicted molar refractivity (Wildman–Crippen MR) is 98.1 cm³/mol. The van der Waals surface area contributed by atoms with Gasteiger partial charge in [-0.2, -0.15) is 0 Å². The Bertz CT molecular complexity index is 615. The Hall–Kier alpha value is -2.30. The molecule has 5 nitrogen and oxygen atoms in total. The van der Waals surface area contributed by atoms with Crippen LogP contribution in [0.15, 0.2) is 42.5 Å². The third kappa shape index (κ3) is 5.34. The summed E-state index contributed by atoms with van der Waals surface area (Å²) in [4.78, 5) is 26.1. The van der Waals surface area contributed by atoms with E-state index in [1.807, 2.05) is 23.1 Å². The molecule has 3 amide bonds. The van der Waals surface area contributed by atoms with E-state index < -0.39 is 0 Å². The Morgan fingerprint density at radius 2 is 2.08 bits per heavy atom. The first-order chi connectivity index (χ1) is 12.2. The highest BCUT2D eigenvalue weighted by Gasteiger charge is 2.29. The Morgan fingerprint density at radius 3 is 2.84 bits per heavy atom. The molecule has 134 valence electrons. The van der Waals surface area contributed by atoms with E-state index in [-0.39, 0.29) is 23.9 Å². The Balaban J connectivity index is 1.37. The first kappa shape index (κ1) is 17.5. The van der Waals surface area contributed by atoms with Gasteiger partial charge >= 0.3 is 6.03 Å². The predicted octanol–water partition coefficient (Wildman–Crippen LogP) is 2.49. The van der Waals surface area contributed by atoms with Crippen LogP contribution in [0.1, 0.15) is 31.2 Å². The van der Waals surface area contributed by atoms with Gasteiger partial charge in [0.05, 0.1) is 0 Å². The molecule has 0 aromatic heterocycles. The van der Waals surface area contributed by atoms with Crippen molar-refractivity contribution in [1.82, 2.24) is 15.5 Å². The van der Waals surface area contributed by atoms with Gasteiger partial charge in [-0.1, -0.05) is 42.5 Å². The fraction of sp³-hybridized carbons (Fsp3) is 0.500. The molecule has 0 unspecified atom stereocenters. The molecular formula is C20H27N3O2. The van der Waals surface area contributed by atoms with Crippen LogP contribution < -0.4 is 10.6 Å². The number of allylic oxidation sites excluding steroid dienone is 1. The maximum absolute atomic E-state index is 12.2. The van der Waals surface area contributed by atoms with Crippen molar-refractivity contribution in [1.29, 1.82) is 0 Å². The summed E-state index contributed by atoms with van der Waals surface area (Å²) in [7, 11) is 0. The molecule has 5 heteroatoms. The number of nitrogens with one attached hydrogen (secondary N) is 2. The second-order valence-corrected chi connectivity index (χ2v) is 6.97. The van der Waals surface area contributed by atoms with Crippen molar-refractivity contribution < 1.29 is 9.59 Å². The lowest BCUT2D eigenvalue weighted by Gasteiger charge is -2.19. The Labute approximate surface area is 149 Å². The number of carbonyl (C=O) groups excluding carboxylic acids is 2. The van der Waals surface area contributed by atoms with Gasteiger partial charge in [-0.3, -0.25) is 4.79 Å².